The van der Waals surface area contributed by atoms with Crippen LogP contribution in [0.5, 0.6) is 0 Å². The number of hydrogen-bond donors (Lipinski definition) is 0. The van der Waals surface area contributed by atoms with E-state index in [1.165, 1.54) is 0 Å². The first-order valence-electron chi connectivity index (χ1n) is 8.44. The Morgan fingerprint density at radius 1 is 0.333 bits per heavy atom. The summed E-state index contributed by atoms with van der Waals surface area (Å²) in [7, 11) is 0. The van der Waals surface area contributed by atoms with Crippen LogP contribution in [-0.4, -0.2) is 70.9 Å². The van der Waals surface area contributed by atoms with Gasteiger partial charge in [0.15, 0.2) is 0 Å². The van der Waals surface area contributed by atoms with Crippen LogP contribution in [0.2, 0.25) is 0 Å². The van der Waals surface area contributed by atoms with Crippen molar-refractivity contribution in [3.05, 3.63) is 11.9 Å². The van der Waals surface area contributed by atoms with Crippen LogP contribution in [0.1, 0.15) is 0 Å². The van der Waals surface area contributed by atoms with Crippen molar-refractivity contribution in [2.45, 2.75) is 66.4 Å². The maximum absolute atomic E-state index is 14.1. The molecule has 0 radical (unpaired) electrons. The second kappa shape index (κ2) is 9.62. The van der Waals surface area contributed by atoms with Crippen LogP contribution < -0.4 is 0 Å². The van der Waals surface area contributed by atoms with Gasteiger partial charge in [0.2, 0.25) is 0 Å². The Morgan fingerprint density at radius 2 is 0.571 bits per heavy atom. The molecule has 0 bridgehead atoms. The highest BCUT2D eigenvalue weighted by molar-refractivity contribution is 5.15. The Morgan fingerprint density at radius 3 is 0.786 bits per heavy atom. The third-order valence-electron chi connectivity index (χ3n) is 4.74. The topological polar surface area (TPSA) is 0 Å². The van der Waals surface area contributed by atoms with E-state index < -0.39 is 82.8 Å². The minimum absolute atomic E-state index is 5.30. The van der Waals surface area contributed by atoms with Crippen molar-refractivity contribution >= 4 is 0 Å². The molecule has 252 valence electrons. The quantitative estimate of drug-likeness (QED) is 0.128. The lowest BCUT2D eigenvalue weighted by Gasteiger charge is -2.49. The van der Waals surface area contributed by atoms with Crippen LogP contribution in [0.25, 0.3) is 0 Å². The van der Waals surface area contributed by atoms with Gasteiger partial charge in [0.25, 0.3) is 5.83 Å². The van der Waals surface area contributed by atoms with E-state index >= 15 is 0 Å². The first-order valence-corrected chi connectivity index (χ1v) is 8.44. The highest BCUT2D eigenvalue weighted by Gasteiger charge is 3.04. The van der Waals surface area contributed by atoms with Gasteiger partial charge in [-0.2, -0.15) is 79.0 Å². The molecule has 0 aromatic rings. The lowest BCUT2D eigenvalue weighted by molar-refractivity contribution is -1.21. The van der Waals surface area contributed by atoms with Crippen molar-refractivity contribution in [2.75, 3.05) is 0 Å². The Bertz CT molecular complexity index is 1010. The SMILES string of the molecule is FC(F)=C(F)C(F)(F)[N+](C(F)(F)F)(C(F)(F)F)C(F)(F)C(F)(F)C(F)(F)C(F)(F)C(F)(F)C(F)(F)C(F)(F)C(F)(F)F. The molecule has 0 fully saturated rings. The summed E-state index contributed by atoms with van der Waals surface area (Å²) < 4.78 is 358. The van der Waals surface area contributed by atoms with Gasteiger partial charge >= 0.3 is 72.5 Å². The minimum atomic E-state index is -10.2. The fourth-order valence-corrected chi connectivity index (χ4v) is 2.58. The molecule has 0 N–H and O–H groups in total. The third kappa shape index (κ3) is 4.47. The van der Waals surface area contributed by atoms with Crippen molar-refractivity contribution in [1.29, 1.82) is 0 Å². The van der Waals surface area contributed by atoms with Crippen LogP contribution in [0.15, 0.2) is 11.9 Å². The largest absolute Gasteiger partial charge is 0.579 e. The molecular formula is C13F28N+. The van der Waals surface area contributed by atoms with Crippen LogP contribution in [0.4, 0.5) is 123 Å². The first-order chi connectivity index (χ1) is 17.6. The molecule has 1 nitrogen and oxygen atoms in total. The fourth-order valence-electron chi connectivity index (χ4n) is 2.58. The molecule has 0 aromatic heterocycles. The monoisotopic (exact) mass is 702 g/mol. The molecule has 0 aliphatic heterocycles. The van der Waals surface area contributed by atoms with Crippen molar-refractivity contribution in [2.24, 2.45) is 0 Å². The maximum Gasteiger partial charge on any atom is 0.579 e. The second-order valence-corrected chi connectivity index (χ2v) is 7.21. The standard InChI is InChI=1S/C13F28N/c14-1(2(15)16)3(17,18)42(12(36,37)38,13(39,40)41)11(34,35)9(29,30)7(25,26)5(21,22)4(19,20)6(23,24)8(27,28)10(31,32)33/q+1. The smallest absolute Gasteiger partial charge is 0.192 e. The van der Waals surface area contributed by atoms with Gasteiger partial charge in [-0.15, -0.1) is 43.9 Å². The molecule has 0 saturated heterocycles. The number of hydrogen-bond acceptors (Lipinski definition) is 0. The molecule has 29 heteroatoms. The third-order valence-corrected chi connectivity index (χ3v) is 4.74. The molecule has 0 atom stereocenters. The van der Waals surface area contributed by atoms with Crippen molar-refractivity contribution in [3.8, 4) is 0 Å². The second-order valence-electron chi connectivity index (χ2n) is 7.21. The van der Waals surface area contributed by atoms with Crippen LogP contribution in [0, 0.1) is 0 Å². The molecule has 0 aromatic carbocycles. The molecule has 0 rings (SSSR count). The van der Waals surface area contributed by atoms with Crippen molar-refractivity contribution < 1.29 is 127 Å². The number of alkyl halides is 25. The van der Waals surface area contributed by atoms with E-state index in [9.17, 15) is 123 Å². The minimum Gasteiger partial charge on any atom is -0.192 e. The van der Waals surface area contributed by atoms with Crippen LogP contribution in [-0.2, 0) is 0 Å². The molecule has 0 amide bonds. The van der Waals surface area contributed by atoms with E-state index in [2.05, 4.69) is 0 Å². The fraction of sp³-hybridized carbons (Fsp3) is 0.846. The number of quaternary nitrogens is 1. The lowest BCUT2D eigenvalue weighted by atomic mass is 9.89. The van der Waals surface area contributed by atoms with Gasteiger partial charge in [0, 0.05) is 0 Å². The molecular weight excluding hydrogens is 702 g/mol. The highest BCUT2D eigenvalue weighted by atomic mass is 19.4. The number of halogens is 28. The summed E-state index contributed by atoms with van der Waals surface area (Å²) in [5.74, 6) is -63.6. The summed E-state index contributed by atoms with van der Waals surface area (Å²) in [6.45, 7) is 0. The van der Waals surface area contributed by atoms with E-state index in [1.807, 2.05) is 0 Å². The highest BCUT2D eigenvalue weighted by Crippen LogP contribution is 2.69. The summed E-state index contributed by atoms with van der Waals surface area (Å²) in [4.78, 5) is 0. The van der Waals surface area contributed by atoms with Gasteiger partial charge in [-0.05, 0) is 4.48 Å². The van der Waals surface area contributed by atoms with E-state index in [4.69, 9.17) is 0 Å². The summed E-state index contributed by atoms with van der Waals surface area (Å²) in [6.07, 6.45) is -32.4. The van der Waals surface area contributed by atoms with E-state index in [1.54, 1.807) is 0 Å². The summed E-state index contributed by atoms with van der Waals surface area (Å²) >= 11 is 0. The zero-order chi connectivity index (χ0) is 35.2. The number of nitrogens with zero attached hydrogens (tertiary/aromatic N) is 1. The molecule has 0 saturated carbocycles. The molecule has 0 aliphatic carbocycles. The molecule has 0 unspecified atom stereocenters. The number of rotatable bonds is 9. The molecule has 0 spiro atoms. The van der Waals surface area contributed by atoms with Gasteiger partial charge in [0.05, 0.1) is 0 Å². The van der Waals surface area contributed by atoms with E-state index in [-0.39, 0.29) is 0 Å². The molecule has 42 heavy (non-hydrogen) atoms. The van der Waals surface area contributed by atoms with E-state index in [0.717, 1.165) is 0 Å². The Balaban J connectivity index is 8.17. The predicted octanol–water partition coefficient (Wildman–Crippen LogP) is 9.48. The predicted molar refractivity (Wildman–Crippen MR) is 68.4 cm³/mol. The van der Waals surface area contributed by atoms with E-state index in [0.29, 0.717) is 0 Å². The summed E-state index contributed by atoms with van der Waals surface area (Å²) in [6, 6.07) is -19.4. The van der Waals surface area contributed by atoms with Crippen LogP contribution in [0.3, 0.4) is 0 Å². The average Bonchev–Trinajstić information content (AvgIpc) is 2.68. The van der Waals surface area contributed by atoms with Gasteiger partial charge in [-0.3, -0.25) is 0 Å². The lowest BCUT2D eigenvalue weighted by Crippen LogP contribution is -2.87. The average molecular weight is 702 g/mol. The Kier molecular flexibility index (Phi) is 9.10. The maximum atomic E-state index is 14.1. The Labute approximate surface area is 207 Å². The van der Waals surface area contributed by atoms with Gasteiger partial charge in [-0.25, -0.2) is 0 Å². The zero-order valence-electron chi connectivity index (χ0n) is 17.5. The first kappa shape index (κ1) is 39.7. The van der Waals surface area contributed by atoms with Crippen molar-refractivity contribution in [3.63, 3.8) is 0 Å². The van der Waals surface area contributed by atoms with Gasteiger partial charge in [0.1, 0.15) is 0 Å². The normalized spacial score (nSPS) is 16.6. The van der Waals surface area contributed by atoms with Gasteiger partial charge in [-0.1, -0.05) is 0 Å². The van der Waals surface area contributed by atoms with Crippen molar-refractivity contribution in [1.82, 2.24) is 0 Å². The van der Waals surface area contributed by atoms with Gasteiger partial charge < -0.3 is 0 Å². The summed E-state index contributed by atoms with van der Waals surface area (Å²) in [5, 5.41) is 0. The zero-order valence-corrected chi connectivity index (χ0v) is 17.5. The Hall–Kier alpha value is -2.26. The summed E-state index contributed by atoms with van der Waals surface area (Å²) in [5.41, 5.74) is 0. The molecule has 0 aliphatic rings. The molecule has 0 heterocycles. The van der Waals surface area contributed by atoms with Crippen LogP contribution >= 0.6 is 0 Å².